The Morgan fingerprint density at radius 2 is 2.13 bits per heavy atom. The fourth-order valence-electron chi connectivity index (χ4n) is 3.39. The van der Waals surface area contributed by atoms with E-state index in [1.807, 2.05) is 0 Å². The fourth-order valence-corrected chi connectivity index (χ4v) is 3.39. The number of rotatable bonds is 6. The van der Waals surface area contributed by atoms with Gasteiger partial charge in [-0.2, -0.15) is 0 Å². The number of nitrogens with zero attached hydrogens (tertiary/aromatic N) is 1. The van der Waals surface area contributed by atoms with Crippen LogP contribution in [0.2, 0.25) is 0 Å². The van der Waals surface area contributed by atoms with Crippen LogP contribution < -0.4 is 16.4 Å². The molecule has 2 rings (SSSR count). The van der Waals surface area contributed by atoms with Gasteiger partial charge in [0, 0.05) is 19.6 Å². The lowest BCUT2D eigenvalue weighted by Crippen LogP contribution is -2.70. The largest absolute Gasteiger partial charge is 0.391 e. The Morgan fingerprint density at radius 3 is 2.52 bits per heavy atom. The standard InChI is InChI=1S/C15H26N4O4/c1-8(2)5-19-6-10(4-15(19)7-17-14(15)23)13(22)18-11(9(3)20)12(16)21/h8-11,20H,4-7H2,1-3H3,(H2,16,21)(H,17,23)(H,18,22). The maximum Gasteiger partial charge on any atom is 0.242 e. The van der Waals surface area contributed by atoms with E-state index in [9.17, 15) is 19.5 Å². The molecule has 2 heterocycles. The summed E-state index contributed by atoms with van der Waals surface area (Å²) < 4.78 is 0. The first kappa shape index (κ1) is 17.7. The Morgan fingerprint density at radius 1 is 1.48 bits per heavy atom. The number of carbonyl (C=O) groups excluding carboxylic acids is 3. The Bertz CT molecular complexity index is 508. The highest BCUT2D eigenvalue weighted by Crippen LogP contribution is 2.37. The van der Waals surface area contributed by atoms with Gasteiger partial charge in [0.05, 0.1) is 12.0 Å². The second-order valence-electron chi connectivity index (χ2n) is 7.04. The van der Waals surface area contributed by atoms with E-state index in [-0.39, 0.29) is 11.8 Å². The molecule has 0 saturated carbocycles. The molecule has 130 valence electrons. The quantitative estimate of drug-likeness (QED) is 0.428. The van der Waals surface area contributed by atoms with E-state index >= 15 is 0 Å². The third kappa shape index (κ3) is 3.32. The molecule has 0 bridgehead atoms. The van der Waals surface area contributed by atoms with Crippen molar-refractivity contribution >= 4 is 17.7 Å². The van der Waals surface area contributed by atoms with Gasteiger partial charge in [-0.1, -0.05) is 13.8 Å². The highest BCUT2D eigenvalue weighted by molar-refractivity contribution is 5.95. The first-order chi connectivity index (χ1) is 10.7. The molecule has 3 amide bonds. The van der Waals surface area contributed by atoms with E-state index in [2.05, 4.69) is 29.4 Å². The van der Waals surface area contributed by atoms with E-state index in [1.165, 1.54) is 6.92 Å². The number of aliphatic hydroxyl groups excluding tert-OH is 1. The molecule has 0 radical (unpaired) electrons. The average Bonchev–Trinajstić information content (AvgIpc) is 2.83. The zero-order valence-corrected chi connectivity index (χ0v) is 13.8. The summed E-state index contributed by atoms with van der Waals surface area (Å²) in [5.41, 5.74) is 4.59. The van der Waals surface area contributed by atoms with Crippen molar-refractivity contribution in [3.05, 3.63) is 0 Å². The zero-order chi connectivity index (χ0) is 17.4. The second kappa shape index (κ2) is 6.45. The molecule has 8 heteroatoms. The smallest absolute Gasteiger partial charge is 0.242 e. The Hall–Kier alpha value is -1.67. The van der Waals surface area contributed by atoms with Crippen molar-refractivity contribution in [2.24, 2.45) is 17.6 Å². The summed E-state index contributed by atoms with van der Waals surface area (Å²) >= 11 is 0. The van der Waals surface area contributed by atoms with Crippen LogP contribution in [0.5, 0.6) is 0 Å². The predicted octanol–water partition coefficient (Wildman–Crippen LogP) is -1.82. The number of nitrogens with one attached hydrogen (secondary N) is 2. The van der Waals surface area contributed by atoms with Crippen LogP contribution in [0, 0.1) is 11.8 Å². The van der Waals surface area contributed by atoms with Crippen molar-refractivity contribution in [1.29, 1.82) is 0 Å². The Labute approximate surface area is 135 Å². The number of aliphatic hydroxyl groups is 1. The molecule has 23 heavy (non-hydrogen) atoms. The third-order valence-corrected chi connectivity index (χ3v) is 4.64. The van der Waals surface area contributed by atoms with Crippen molar-refractivity contribution in [2.45, 2.75) is 44.9 Å². The Kier molecular flexibility index (Phi) is 4.95. The molecule has 5 N–H and O–H groups in total. The molecule has 4 atom stereocenters. The van der Waals surface area contributed by atoms with Gasteiger partial charge in [0.25, 0.3) is 0 Å². The van der Waals surface area contributed by atoms with Gasteiger partial charge in [-0.05, 0) is 19.3 Å². The molecule has 8 nitrogen and oxygen atoms in total. The number of nitrogens with two attached hydrogens (primary N) is 1. The molecule has 2 aliphatic heterocycles. The Balaban J connectivity index is 2.08. The van der Waals surface area contributed by atoms with Crippen molar-refractivity contribution in [2.75, 3.05) is 19.6 Å². The lowest BCUT2D eigenvalue weighted by Gasteiger charge is -2.44. The molecule has 0 aromatic heterocycles. The van der Waals surface area contributed by atoms with Gasteiger partial charge in [-0.25, -0.2) is 0 Å². The number of primary amides is 1. The van der Waals surface area contributed by atoms with Crippen LogP contribution in [0.1, 0.15) is 27.2 Å². The number of likely N-dealkylation sites (tertiary alicyclic amines) is 1. The van der Waals surface area contributed by atoms with Crippen LogP contribution in [0.3, 0.4) is 0 Å². The molecule has 0 aromatic rings. The number of hydrogen-bond acceptors (Lipinski definition) is 5. The molecule has 1 spiro atoms. The summed E-state index contributed by atoms with van der Waals surface area (Å²) in [5.74, 6) is -1.20. The zero-order valence-electron chi connectivity index (χ0n) is 13.8. The summed E-state index contributed by atoms with van der Waals surface area (Å²) in [6, 6.07) is -1.12. The van der Waals surface area contributed by atoms with Gasteiger partial charge < -0.3 is 21.5 Å². The van der Waals surface area contributed by atoms with Gasteiger partial charge in [0.15, 0.2) is 0 Å². The summed E-state index contributed by atoms with van der Waals surface area (Å²) in [4.78, 5) is 37.9. The molecule has 2 aliphatic rings. The van der Waals surface area contributed by atoms with Crippen molar-refractivity contribution in [1.82, 2.24) is 15.5 Å². The monoisotopic (exact) mass is 326 g/mol. The maximum absolute atomic E-state index is 12.4. The lowest BCUT2D eigenvalue weighted by molar-refractivity contribution is -0.141. The number of hydrogen-bond donors (Lipinski definition) is 4. The highest BCUT2D eigenvalue weighted by atomic mass is 16.3. The minimum atomic E-state index is -1.12. The summed E-state index contributed by atoms with van der Waals surface area (Å²) in [6.45, 7) is 7.26. The molecule has 2 fully saturated rings. The number of carbonyl (C=O) groups is 3. The van der Waals surface area contributed by atoms with Crippen LogP contribution >= 0.6 is 0 Å². The lowest BCUT2D eigenvalue weighted by atomic mass is 9.84. The van der Waals surface area contributed by atoms with Gasteiger partial charge in [-0.3, -0.25) is 19.3 Å². The summed E-state index contributed by atoms with van der Waals surface area (Å²) in [5, 5.41) is 14.8. The van der Waals surface area contributed by atoms with E-state index in [4.69, 9.17) is 5.73 Å². The molecular formula is C15H26N4O4. The summed E-state index contributed by atoms with van der Waals surface area (Å²) in [7, 11) is 0. The molecule has 0 aromatic carbocycles. The normalized spacial score (nSPS) is 30.0. The fraction of sp³-hybridized carbons (Fsp3) is 0.800. The highest BCUT2D eigenvalue weighted by Gasteiger charge is 2.57. The van der Waals surface area contributed by atoms with Crippen LogP contribution in [0.15, 0.2) is 0 Å². The minimum absolute atomic E-state index is 0.0459. The number of β-lactam (4-membered cyclic amide) rings is 1. The van der Waals surface area contributed by atoms with Crippen molar-refractivity contribution in [3.63, 3.8) is 0 Å². The molecule has 2 saturated heterocycles. The molecular weight excluding hydrogens is 300 g/mol. The van der Waals surface area contributed by atoms with Gasteiger partial charge in [0.2, 0.25) is 17.7 Å². The van der Waals surface area contributed by atoms with E-state index in [0.29, 0.717) is 25.4 Å². The molecule has 0 aliphatic carbocycles. The molecule has 4 unspecified atom stereocenters. The van der Waals surface area contributed by atoms with Crippen molar-refractivity contribution in [3.8, 4) is 0 Å². The van der Waals surface area contributed by atoms with Crippen LogP contribution in [-0.4, -0.2) is 65.0 Å². The maximum atomic E-state index is 12.4. The minimum Gasteiger partial charge on any atom is -0.391 e. The SMILES string of the molecule is CC(C)CN1CC(C(=O)NC(C(N)=O)C(C)O)CC12CNC2=O. The summed E-state index contributed by atoms with van der Waals surface area (Å²) in [6.07, 6.45) is -0.645. The third-order valence-electron chi connectivity index (χ3n) is 4.64. The van der Waals surface area contributed by atoms with E-state index in [0.717, 1.165) is 6.54 Å². The van der Waals surface area contributed by atoms with Crippen LogP contribution in [0.4, 0.5) is 0 Å². The van der Waals surface area contributed by atoms with E-state index < -0.39 is 29.5 Å². The second-order valence-corrected chi connectivity index (χ2v) is 7.04. The average molecular weight is 326 g/mol. The van der Waals surface area contributed by atoms with Crippen LogP contribution in [-0.2, 0) is 14.4 Å². The topological polar surface area (TPSA) is 125 Å². The van der Waals surface area contributed by atoms with Gasteiger partial charge in [0.1, 0.15) is 11.6 Å². The van der Waals surface area contributed by atoms with Gasteiger partial charge >= 0.3 is 0 Å². The first-order valence-electron chi connectivity index (χ1n) is 7.98. The van der Waals surface area contributed by atoms with Crippen LogP contribution in [0.25, 0.3) is 0 Å². The van der Waals surface area contributed by atoms with Crippen molar-refractivity contribution < 1.29 is 19.5 Å². The van der Waals surface area contributed by atoms with E-state index in [1.54, 1.807) is 0 Å². The number of amides is 3. The predicted molar refractivity (Wildman–Crippen MR) is 83.1 cm³/mol. The first-order valence-corrected chi connectivity index (χ1v) is 7.98. The van der Waals surface area contributed by atoms with Gasteiger partial charge in [-0.15, -0.1) is 0 Å².